The van der Waals surface area contributed by atoms with Crippen molar-refractivity contribution in [2.24, 2.45) is 23.7 Å². The Morgan fingerprint density at radius 2 is 0.505 bits per heavy atom. The van der Waals surface area contributed by atoms with Crippen molar-refractivity contribution in [3.05, 3.63) is 0 Å². The Labute approximate surface area is 581 Å². The van der Waals surface area contributed by atoms with Gasteiger partial charge in [0.25, 0.3) is 0 Å². The zero-order chi connectivity index (χ0) is 70.3. The number of rotatable bonds is 73. The summed E-state index contributed by atoms with van der Waals surface area (Å²) in [5.74, 6) is 0.911. The lowest BCUT2D eigenvalue weighted by Crippen LogP contribution is -2.30. The van der Waals surface area contributed by atoms with Crippen molar-refractivity contribution >= 4 is 39.5 Å². The molecule has 0 aromatic heterocycles. The Hall–Kier alpha value is -1.94. The van der Waals surface area contributed by atoms with Gasteiger partial charge in [-0.05, 0) is 49.4 Å². The van der Waals surface area contributed by atoms with E-state index >= 15 is 0 Å². The molecule has 19 heteroatoms. The summed E-state index contributed by atoms with van der Waals surface area (Å²) in [6, 6.07) is 0. The average Bonchev–Trinajstić information content (AvgIpc) is 3.11. The van der Waals surface area contributed by atoms with Gasteiger partial charge < -0.3 is 33.8 Å². The lowest BCUT2D eigenvalue weighted by atomic mass is 9.99. The number of aliphatic hydroxyl groups is 1. The molecule has 564 valence electrons. The fraction of sp³-hybridized carbons (Fsp3) is 0.947. The predicted molar refractivity (Wildman–Crippen MR) is 386 cm³/mol. The van der Waals surface area contributed by atoms with E-state index in [2.05, 4.69) is 55.4 Å². The van der Waals surface area contributed by atoms with Crippen LogP contribution < -0.4 is 0 Å². The Morgan fingerprint density at radius 1 is 0.295 bits per heavy atom. The minimum atomic E-state index is -4.96. The second kappa shape index (κ2) is 65.4. The molecule has 0 amide bonds. The number of unbranched alkanes of at least 4 members (excludes halogenated alkanes) is 37. The quantitative estimate of drug-likeness (QED) is 0.0222. The second-order valence-electron chi connectivity index (χ2n) is 28.8. The number of phosphoric ester groups is 2. The van der Waals surface area contributed by atoms with Gasteiger partial charge in [-0.2, -0.15) is 0 Å². The zero-order valence-corrected chi connectivity index (χ0v) is 64.1. The summed E-state index contributed by atoms with van der Waals surface area (Å²) in [5.41, 5.74) is 0. The molecule has 95 heavy (non-hydrogen) atoms. The van der Waals surface area contributed by atoms with E-state index in [-0.39, 0.29) is 25.7 Å². The molecule has 0 bridgehead atoms. The molecule has 4 unspecified atom stereocenters. The van der Waals surface area contributed by atoms with E-state index in [9.17, 15) is 43.2 Å². The normalized spacial score (nSPS) is 14.7. The Kier molecular flexibility index (Phi) is 64.0. The molecule has 0 fully saturated rings. The van der Waals surface area contributed by atoms with Crippen molar-refractivity contribution in [1.82, 2.24) is 0 Å². The Morgan fingerprint density at radius 3 is 0.747 bits per heavy atom. The van der Waals surface area contributed by atoms with Crippen LogP contribution in [0.25, 0.3) is 0 Å². The van der Waals surface area contributed by atoms with Crippen LogP contribution in [0.5, 0.6) is 0 Å². The highest BCUT2D eigenvalue weighted by molar-refractivity contribution is 7.47. The molecule has 3 N–H and O–H groups in total. The maximum atomic E-state index is 13.1. The molecule has 17 nitrogen and oxygen atoms in total. The molecule has 0 aliphatic rings. The highest BCUT2D eigenvalue weighted by Crippen LogP contribution is 2.45. The van der Waals surface area contributed by atoms with E-state index in [0.717, 1.165) is 114 Å². The number of carbonyl (C=O) groups excluding carboxylic acids is 4. The first-order valence-corrected chi connectivity index (χ1v) is 42.3. The SMILES string of the molecule is CCC(C)CCCCCCCCCCCCCCCCCCCCC(=O)OC[C@H](COP(=O)(O)OC[C@@H](O)COP(=O)(O)OC[C@@H](COC(=O)CCCCCCCCC(C)C)OC(=O)CCCCCCCCCCCCCC(C)C)OC(=O)CCCCCCCCC(C)CC. The van der Waals surface area contributed by atoms with Crippen LogP contribution in [0.15, 0.2) is 0 Å². The second-order valence-corrected chi connectivity index (χ2v) is 31.7. The van der Waals surface area contributed by atoms with Crippen molar-refractivity contribution in [1.29, 1.82) is 0 Å². The molecule has 0 aliphatic carbocycles. The highest BCUT2D eigenvalue weighted by atomic mass is 31.2. The third-order valence-corrected chi connectivity index (χ3v) is 20.2. The van der Waals surface area contributed by atoms with Gasteiger partial charge in [0.15, 0.2) is 12.2 Å². The topological polar surface area (TPSA) is 237 Å². The largest absolute Gasteiger partial charge is 0.472 e. The van der Waals surface area contributed by atoms with Gasteiger partial charge in [-0.1, -0.05) is 331 Å². The first kappa shape index (κ1) is 93.1. The molecule has 0 saturated carbocycles. The summed E-state index contributed by atoms with van der Waals surface area (Å²) in [5, 5.41) is 10.6. The minimum Gasteiger partial charge on any atom is -0.462 e. The van der Waals surface area contributed by atoms with Crippen LogP contribution in [0, 0.1) is 23.7 Å². The van der Waals surface area contributed by atoms with E-state index in [1.807, 2.05) is 0 Å². The van der Waals surface area contributed by atoms with E-state index in [0.29, 0.717) is 31.6 Å². The van der Waals surface area contributed by atoms with E-state index in [1.54, 1.807) is 0 Å². The van der Waals surface area contributed by atoms with Crippen LogP contribution in [0.2, 0.25) is 0 Å². The summed E-state index contributed by atoms with van der Waals surface area (Å²) in [6.45, 7) is 14.1. The Balaban J connectivity index is 5.12. The number of aliphatic hydroxyl groups excluding tert-OH is 1. The third-order valence-electron chi connectivity index (χ3n) is 18.3. The Bertz CT molecular complexity index is 1870. The van der Waals surface area contributed by atoms with Crippen LogP contribution in [0.1, 0.15) is 383 Å². The van der Waals surface area contributed by atoms with Gasteiger partial charge in [-0.15, -0.1) is 0 Å². The van der Waals surface area contributed by atoms with Crippen molar-refractivity contribution in [3.63, 3.8) is 0 Å². The van der Waals surface area contributed by atoms with Gasteiger partial charge in [0.1, 0.15) is 19.3 Å². The number of phosphoric acid groups is 2. The van der Waals surface area contributed by atoms with Crippen LogP contribution in [-0.2, 0) is 65.4 Å². The molecule has 0 rings (SSSR count). The lowest BCUT2D eigenvalue weighted by Gasteiger charge is -2.21. The monoisotopic (exact) mass is 1400 g/mol. The van der Waals surface area contributed by atoms with Crippen molar-refractivity contribution in [2.45, 2.75) is 401 Å². The van der Waals surface area contributed by atoms with E-state index in [4.69, 9.17) is 37.0 Å². The van der Waals surface area contributed by atoms with Crippen molar-refractivity contribution < 1.29 is 80.2 Å². The van der Waals surface area contributed by atoms with Gasteiger partial charge in [-0.25, -0.2) is 9.13 Å². The lowest BCUT2D eigenvalue weighted by molar-refractivity contribution is -0.161. The average molecular weight is 1400 g/mol. The fourth-order valence-electron chi connectivity index (χ4n) is 11.5. The number of ether oxygens (including phenoxy) is 4. The maximum Gasteiger partial charge on any atom is 0.472 e. The standard InChI is InChI=1S/C76H148O17P2/c1-9-68(7)54-46-38-29-25-21-17-15-13-11-12-14-16-18-22-26-30-40-48-56-73(78)86-62-72(93-76(81)59-51-43-35-33-39-47-55-69(8)10-2)65-91-95(84,85)89-61-70(77)60-88-94(82,83)90-64-71(63-87-74(79)57-49-41-34-32-37-45-53-67(5)6)92-75(80)58-50-42-31-27-23-19-20-24-28-36-44-52-66(3)4/h66-72,77H,9-65H2,1-8H3,(H,82,83)(H,84,85)/t68?,69?,70-,71+,72+/m0/s1. The number of esters is 4. The smallest absolute Gasteiger partial charge is 0.462 e. The van der Waals surface area contributed by atoms with Crippen molar-refractivity contribution in [3.8, 4) is 0 Å². The summed E-state index contributed by atoms with van der Waals surface area (Å²) in [6.07, 6.45) is 50.3. The first-order valence-electron chi connectivity index (χ1n) is 39.3. The summed E-state index contributed by atoms with van der Waals surface area (Å²) in [7, 11) is -9.91. The van der Waals surface area contributed by atoms with Crippen LogP contribution in [-0.4, -0.2) is 96.7 Å². The summed E-state index contributed by atoms with van der Waals surface area (Å²) < 4.78 is 68.4. The van der Waals surface area contributed by atoms with E-state index in [1.165, 1.54) is 180 Å². The zero-order valence-electron chi connectivity index (χ0n) is 62.3. The van der Waals surface area contributed by atoms with Crippen LogP contribution >= 0.6 is 15.6 Å². The number of carbonyl (C=O) groups is 4. The maximum absolute atomic E-state index is 13.1. The number of hydrogen-bond donors (Lipinski definition) is 3. The first-order chi connectivity index (χ1) is 45.7. The molecule has 0 aliphatic heterocycles. The highest BCUT2D eigenvalue weighted by Gasteiger charge is 2.30. The van der Waals surface area contributed by atoms with Crippen LogP contribution in [0.3, 0.4) is 0 Å². The molecule has 0 saturated heterocycles. The summed E-state index contributed by atoms with van der Waals surface area (Å²) in [4.78, 5) is 72.7. The molecular formula is C76H148O17P2. The molecular weight excluding hydrogens is 1250 g/mol. The molecule has 0 aromatic carbocycles. The third kappa shape index (κ3) is 67.6. The van der Waals surface area contributed by atoms with E-state index < -0.39 is 97.5 Å². The van der Waals surface area contributed by atoms with Gasteiger partial charge >= 0.3 is 39.5 Å². The van der Waals surface area contributed by atoms with Crippen LogP contribution in [0.4, 0.5) is 0 Å². The summed E-state index contributed by atoms with van der Waals surface area (Å²) >= 11 is 0. The molecule has 7 atom stereocenters. The fourth-order valence-corrected chi connectivity index (χ4v) is 13.1. The predicted octanol–water partition coefficient (Wildman–Crippen LogP) is 22.0. The molecule has 0 radical (unpaired) electrons. The molecule has 0 aromatic rings. The molecule has 0 heterocycles. The minimum absolute atomic E-state index is 0.103. The van der Waals surface area contributed by atoms with Gasteiger partial charge in [0.2, 0.25) is 0 Å². The van der Waals surface area contributed by atoms with Crippen molar-refractivity contribution in [2.75, 3.05) is 39.6 Å². The van der Waals surface area contributed by atoms with Gasteiger partial charge in [0.05, 0.1) is 26.4 Å². The van der Waals surface area contributed by atoms with Gasteiger partial charge in [0, 0.05) is 25.7 Å². The van der Waals surface area contributed by atoms with Gasteiger partial charge in [-0.3, -0.25) is 37.3 Å². The molecule has 0 spiro atoms. The number of hydrogen-bond acceptors (Lipinski definition) is 15.